The molecular weight excluding hydrogens is 337 g/mol. The van der Waals surface area contributed by atoms with E-state index in [2.05, 4.69) is 5.32 Å². The number of carbonyl (C=O) groups is 1. The topological polar surface area (TPSA) is 68.5 Å². The van der Waals surface area contributed by atoms with Crippen molar-refractivity contribution in [3.63, 3.8) is 0 Å². The molecule has 0 unspecified atom stereocenters. The van der Waals surface area contributed by atoms with Gasteiger partial charge >= 0.3 is 5.63 Å². The summed E-state index contributed by atoms with van der Waals surface area (Å²) in [6.07, 6.45) is 6.88. The molecule has 3 rings (SSSR count). The van der Waals surface area contributed by atoms with Crippen molar-refractivity contribution in [2.45, 2.75) is 57.9 Å². The molecule has 0 bridgehead atoms. The summed E-state index contributed by atoms with van der Waals surface area (Å²) in [6, 6.07) is 3.90. The van der Waals surface area contributed by atoms with E-state index in [9.17, 15) is 14.0 Å². The van der Waals surface area contributed by atoms with E-state index in [1.807, 2.05) is 6.92 Å². The van der Waals surface area contributed by atoms with Gasteiger partial charge in [0.25, 0.3) is 5.91 Å². The van der Waals surface area contributed by atoms with Crippen molar-refractivity contribution >= 4 is 16.9 Å². The molecule has 1 aliphatic rings. The molecule has 0 radical (unpaired) electrons. The SMILES string of the molecule is CCCCOc1cc(F)cc2cc(C(=O)NC3CCCCC3)c(=O)oc12. The standard InChI is InChI=1S/C20H24FNO4/c1-2-3-9-25-17-12-14(21)10-13-11-16(20(24)26-18(13)17)19(23)22-15-7-5-4-6-8-15/h10-12,15H,2-9H2,1H3,(H,22,23). The number of hydrogen-bond donors (Lipinski definition) is 1. The van der Waals surface area contributed by atoms with E-state index in [1.165, 1.54) is 24.6 Å². The molecule has 1 fully saturated rings. The van der Waals surface area contributed by atoms with E-state index in [0.717, 1.165) is 38.5 Å². The van der Waals surface area contributed by atoms with Crippen LogP contribution < -0.4 is 15.7 Å². The average molecular weight is 361 g/mol. The minimum Gasteiger partial charge on any atom is -0.490 e. The van der Waals surface area contributed by atoms with E-state index < -0.39 is 17.3 Å². The number of nitrogens with one attached hydrogen (secondary N) is 1. The second kappa shape index (κ2) is 8.34. The first-order valence-electron chi connectivity index (χ1n) is 9.29. The van der Waals surface area contributed by atoms with E-state index >= 15 is 0 Å². The van der Waals surface area contributed by atoms with Gasteiger partial charge < -0.3 is 14.5 Å². The maximum absolute atomic E-state index is 13.9. The van der Waals surface area contributed by atoms with Gasteiger partial charge in [0.05, 0.1) is 6.61 Å². The largest absolute Gasteiger partial charge is 0.490 e. The van der Waals surface area contributed by atoms with Crippen molar-refractivity contribution in [2.24, 2.45) is 0 Å². The van der Waals surface area contributed by atoms with Crippen LogP contribution in [-0.2, 0) is 0 Å². The fourth-order valence-electron chi connectivity index (χ4n) is 3.27. The normalized spacial score (nSPS) is 15.2. The number of unbranched alkanes of at least 4 members (excludes halogenated alkanes) is 1. The highest BCUT2D eigenvalue weighted by Crippen LogP contribution is 2.27. The van der Waals surface area contributed by atoms with Gasteiger partial charge in [-0.3, -0.25) is 4.79 Å². The highest BCUT2D eigenvalue weighted by Gasteiger charge is 2.21. The molecule has 0 saturated heterocycles. The smallest absolute Gasteiger partial charge is 0.349 e. The second-order valence-electron chi connectivity index (χ2n) is 6.78. The van der Waals surface area contributed by atoms with Crippen LogP contribution in [0.2, 0.25) is 0 Å². The molecule has 26 heavy (non-hydrogen) atoms. The van der Waals surface area contributed by atoms with Gasteiger partial charge in [0.15, 0.2) is 11.3 Å². The number of halogens is 1. The van der Waals surface area contributed by atoms with Gasteiger partial charge in [-0.05, 0) is 31.4 Å². The van der Waals surface area contributed by atoms with Crippen LogP contribution >= 0.6 is 0 Å². The molecule has 2 aromatic rings. The first-order valence-corrected chi connectivity index (χ1v) is 9.29. The summed E-state index contributed by atoms with van der Waals surface area (Å²) < 4.78 is 24.8. The minimum absolute atomic E-state index is 0.0757. The Bertz CT molecular complexity index is 840. The lowest BCUT2D eigenvalue weighted by Crippen LogP contribution is -2.38. The third-order valence-electron chi connectivity index (χ3n) is 4.70. The Balaban J connectivity index is 1.89. The van der Waals surface area contributed by atoms with Crippen molar-refractivity contribution < 1.29 is 18.3 Å². The second-order valence-corrected chi connectivity index (χ2v) is 6.78. The number of carbonyl (C=O) groups excluding carboxylic acids is 1. The Morgan fingerprint density at radius 1 is 1.27 bits per heavy atom. The van der Waals surface area contributed by atoms with Crippen molar-refractivity contribution in [3.8, 4) is 5.75 Å². The van der Waals surface area contributed by atoms with Crippen LogP contribution in [0.5, 0.6) is 5.75 Å². The zero-order valence-corrected chi connectivity index (χ0v) is 15.0. The molecular formula is C20H24FNO4. The molecule has 0 atom stereocenters. The summed E-state index contributed by atoms with van der Waals surface area (Å²) in [5, 5.41) is 3.23. The molecule has 140 valence electrons. The highest BCUT2D eigenvalue weighted by atomic mass is 19.1. The van der Waals surface area contributed by atoms with Gasteiger partial charge in [0.2, 0.25) is 0 Å². The van der Waals surface area contributed by atoms with Crippen molar-refractivity contribution in [1.82, 2.24) is 5.32 Å². The van der Waals surface area contributed by atoms with Gasteiger partial charge in [-0.1, -0.05) is 32.6 Å². The Labute approximate surface area is 151 Å². The maximum Gasteiger partial charge on any atom is 0.349 e. The lowest BCUT2D eigenvalue weighted by molar-refractivity contribution is 0.0924. The zero-order chi connectivity index (χ0) is 18.5. The minimum atomic E-state index is -0.738. The first kappa shape index (κ1) is 18.4. The van der Waals surface area contributed by atoms with Gasteiger partial charge in [-0.25, -0.2) is 9.18 Å². The monoisotopic (exact) mass is 361 g/mol. The Kier molecular flexibility index (Phi) is 5.91. The average Bonchev–Trinajstić information content (AvgIpc) is 2.62. The van der Waals surface area contributed by atoms with Crippen LogP contribution in [0, 0.1) is 5.82 Å². The van der Waals surface area contributed by atoms with Crippen molar-refractivity contribution in [1.29, 1.82) is 0 Å². The molecule has 1 aliphatic carbocycles. The summed E-state index contributed by atoms with van der Waals surface area (Å²) in [4.78, 5) is 24.8. The Morgan fingerprint density at radius 3 is 2.77 bits per heavy atom. The highest BCUT2D eigenvalue weighted by molar-refractivity contribution is 5.97. The van der Waals surface area contributed by atoms with Crippen molar-refractivity contribution in [2.75, 3.05) is 6.61 Å². The van der Waals surface area contributed by atoms with E-state index in [-0.39, 0.29) is 22.9 Å². The number of hydrogen-bond acceptors (Lipinski definition) is 4. The Morgan fingerprint density at radius 2 is 2.04 bits per heavy atom. The maximum atomic E-state index is 13.9. The third-order valence-corrected chi connectivity index (χ3v) is 4.70. The molecule has 0 spiro atoms. The number of benzene rings is 1. The number of amides is 1. The fraction of sp³-hybridized carbons (Fsp3) is 0.500. The van der Waals surface area contributed by atoms with Crippen molar-refractivity contribution in [3.05, 3.63) is 40.0 Å². The molecule has 1 aromatic heterocycles. The van der Waals surface area contributed by atoms with Crippen LogP contribution in [0.1, 0.15) is 62.2 Å². The molecule has 1 saturated carbocycles. The predicted octanol–water partition coefficient (Wildman–Crippen LogP) is 4.17. The molecule has 1 aromatic carbocycles. The van der Waals surface area contributed by atoms with E-state index in [1.54, 1.807) is 0 Å². The van der Waals surface area contributed by atoms with Crippen LogP contribution in [0.3, 0.4) is 0 Å². The number of ether oxygens (including phenoxy) is 1. The number of rotatable bonds is 6. The van der Waals surface area contributed by atoms with Gasteiger partial charge in [0, 0.05) is 17.5 Å². The third kappa shape index (κ3) is 4.23. The lowest BCUT2D eigenvalue weighted by Gasteiger charge is -2.22. The van der Waals surface area contributed by atoms with Crippen LogP contribution in [0.4, 0.5) is 4.39 Å². The summed E-state index contributed by atoms with van der Waals surface area (Å²) in [7, 11) is 0. The number of fused-ring (bicyclic) bond motifs is 1. The molecule has 1 heterocycles. The van der Waals surface area contributed by atoms with Crippen LogP contribution in [-0.4, -0.2) is 18.6 Å². The molecule has 6 heteroatoms. The van der Waals surface area contributed by atoms with Crippen LogP contribution in [0.15, 0.2) is 27.4 Å². The summed E-state index contributed by atoms with van der Waals surface area (Å²) in [5.41, 5.74) is -0.673. The molecule has 0 aliphatic heterocycles. The molecule has 1 amide bonds. The molecule has 5 nitrogen and oxygen atoms in total. The van der Waals surface area contributed by atoms with E-state index in [4.69, 9.17) is 9.15 Å². The Hall–Kier alpha value is -2.37. The summed E-state index contributed by atoms with van der Waals surface area (Å²) >= 11 is 0. The summed E-state index contributed by atoms with van der Waals surface area (Å²) in [5.74, 6) is -0.786. The first-order chi connectivity index (χ1) is 12.6. The quantitative estimate of drug-likeness (QED) is 0.619. The zero-order valence-electron chi connectivity index (χ0n) is 15.0. The van der Waals surface area contributed by atoms with Gasteiger partial charge in [-0.15, -0.1) is 0 Å². The predicted molar refractivity (Wildman–Crippen MR) is 97.2 cm³/mol. The van der Waals surface area contributed by atoms with Gasteiger partial charge in [-0.2, -0.15) is 0 Å². The van der Waals surface area contributed by atoms with Crippen LogP contribution in [0.25, 0.3) is 11.0 Å². The fourth-order valence-corrected chi connectivity index (χ4v) is 3.27. The molecule has 1 N–H and O–H groups in total. The van der Waals surface area contributed by atoms with E-state index in [0.29, 0.717) is 12.0 Å². The lowest BCUT2D eigenvalue weighted by atomic mass is 9.95. The van der Waals surface area contributed by atoms with Gasteiger partial charge in [0.1, 0.15) is 11.4 Å². The summed E-state index contributed by atoms with van der Waals surface area (Å²) in [6.45, 7) is 2.42.